The summed E-state index contributed by atoms with van der Waals surface area (Å²) in [4.78, 5) is 24.1. The number of nitrogens with zero attached hydrogens (tertiary/aromatic N) is 6. The van der Waals surface area contributed by atoms with Crippen LogP contribution >= 0.6 is 0 Å². The molecule has 0 amide bonds. The Kier molecular flexibility index (Phi) is 3.93. The first-order chi connectivity index (χ1) is 14.9. The van der Waals surface area contributed by atoms with Crippen molar-refractivity contribution < 1.29 is 0 Å². The van der Waals surface area contributed by atoms with E-state index in [1.54, 1.807) is 12.4 Å². The number of rotatable bonds is 3. The van der Waals surface area contributed by atoms with Gasteiger partial charge >= 0.3 is 0 Å². The lowest BCUT2D eigenvalue weighted by molar-refractivity contribution is 0.574. The third-order valence-corrected chi connectivity index (χ3v) is 5.67. The van der Waals surface area contributed by atoms with E-state index in [1.807, 2.05) is 36.7 Å². The largest absolute Gasteiger partial charge is 0.355 e. The summed E-state index contributed by atoms with van der Waals surface area (Å²) in [6.45, 7) is 2.06. The van der Waals surface area contributed by atoms with Gasteiger partial charge in [0.1, 0.15) is 11.2 Å². The van der Waals surface area contributed by atoms with Crippen molar-refractivity contribution in [1.82, 2.24) is 35.1 Å². The highest BCUT2D eigenvalue weighted by Crippen LogP contribution is 2.31. The van der Waals surface area contributed by atoms with Crippen LogP contribution < -0.4 is 4.90 Å². The van der Waals surface area contributed by atoms with E-state index in [-0.39, 0.29) is 0 Å². The molecule has 0 saturated carbocycles. The van der Waals surface area contributed by atoms with Crippen LogP contribution in [0.2, 0.25) is 0 Å². The lowest BCUT2D eigenvalue weighted by Crippen LogP contribution is -2.30. The Morgan fingerprint density at radius 2 is 1.87 bits per heavy atom. The monoisotopic (exact) mass is 396 g/mol. The van der Waals surface area contributed by atoms with E-state index < -0.39 is 0 Å². The van der Waals surface area contributed by atoms with Gasteiger partial charge in [-0.3, -0.25) is 15.1 Å². The zero-order chi connectivity index (χ0) is 19.9. The predicted octanol–water partition coefficient (Wildman–Crippen LogP) is 3.95. The zero-order valence-electron chi connectivity index (χ0n) is 16.3. The number of nitrogens with one attached hydrogen (secondary N) is 2. The van der Waals surface area contributed by atoms with Gasteiger partial charge in [0.05, 0.1) is 22.9 Å². The van der Waals surface area contributed by atoms with E-state index in [2.05, 4.69) is 35.0 Å². The Morgan fingerprint density at radius 1 is 0.933 bits per heavy atom. The van der Waals surface area contributed by atoms with Crippen molar-refractivity contribution in [2.45, 2.75) is 19.3 Å². The van der Waals surface area contributed by atoms with Crippen molar-refractivity contribution in [2.75, 3.05) is 18.0 Å². The third-order valence-electron chi connectivity index (χ3n) is 5.67. The van der Waals surface area contributed by atoms with Gasteiger partial charge in [0.15, 0.2) is 11.6 Å². The number of H-pyrrole nitrogens is 2. The second-order valence-electron chi connectivity index (χ2n) is 7.59. The van der Waals surface area contributed by atoms with Gasteiger partial charge in [-0.25, -0.2) is 9.97 Å². The number of piperidine rings is 1. The molecule has 1 aliphatic heterocycles. The van der Waals surface area contributed by atoms with E-state index in [9.17, 15) is 0 Å². The number of hydrogen-bond donors (Lipinski definition) is 2. The molecule has 0 spiro atoms. The molecule has 148 valence electrons. The van der Waals surface area contributed by atoms with Gasteiger partial charge in [-0.05, 0) is 43.5 Å². The smallest absolute Gasteiger partial charge is 0.159 e. The summed E-state index contributed by atoms with van der Waals surface area (Å²) in [5, 5.41) is 8.57. The van der Waals surface area contributed by atoms with Crippen LogP contribution in [0, 0.1) is 0 Å². The highest BCUT2D eigenvalue weighted by Gasteiger charge is 2.19. The normalized spacial score (nSPS) is 14.6. The number of pyridine rings is 3. The molecule has 8 nitrogen and oxygen atoms in total. The standard InChI is InChI=1S/C22H20N8/c1-2-9-30(10-3-1)22-20-16(6-8-24-22)26-21(27-20)19-15-11-17(14-5-4-7-23-12-14)25-13-18(15)28-29-19/h4-8,11-13H,1-3,9-10H2,(H,26,27)(H,28,29). The molecular weight excluding hydrogens is 376 g/mol. The van der Waals surface area contributed by atoms with E-state index in [0.29, 0.717) is 0 Å². The van der Waals surface area contributed by atoms with Gasteiger partial charge in [0, 0.05) is 42.6 Å². The fourth-order valence-corrected chi connectivity index (χ4v) is 4.14. The summed E-state index contributed by atoms with van der Waals surface area (Å²) >= 11 is 0. The molecule has 0 unspecified atom stereocenters. The maximum atomic E-state index is 4.91. The summed E-state index contributed by atoms with van der Waals surface area (Å²) in [7, 11) is 0. The minimum absolute atomic E-state index is 0.728. The van der Waals surface area contributed by atoms with Crippen molar-refractivity contribution in [3.8, 4) is 22.8 Å². The van der Waals surface area contributed by atoms with Crippen molar-refractivity contribution in [1.29, 1.82) is 0 Å². The SMILES string of the molecule is c1cncc(-c2cc3c(-c4nc5c(N6CCCCC6)nccc5[nH]4)n[nH]c3cn2)c1. The second-order valence-corrected chi connectivity index (χ2v) is 7.59. The maximum absolute atomic E-state index is 4.91. The molecular formula is C22H20N8. The first kappa shape index (κ1) is 17.1. The molecule has 1 saturated heterocycles. The summed E-state index contributed by atoms with van der Waals surface area (Å²) in [5.74, 6) is 1.68. The van der Waals surface area contributed by atoms with Crippen LogP contribution in [-0.2, 0) is 0 Å². The quantitative estimate of drug-likeness (QED) is 0.479. The van der Waals surface area contributed by atoms with E-state index in [0.717, 1.165) is 63.6 Å². The molecule has 0 aromatic carbocycles. The fourth-order valence-electron chi connectivity index (χ4n) is 4.14. The Balaban J connectivity index is 1.47. The number of hydrogen-bond acceptors (Lipinski definition) is 6. The molecule has 30 heavy (non-hydrogen) atoms. The molecule has 1 fully saturated rings. The van der Waals surface area contributed by atoms with Crippen molar-refractivity contribution >= 4 is 27.8 Å². The highest BCUT2D eigenvalue weighted by atomic mass is 15.2. The van der Waals surface area contributed by atoms with Crippen LogP contribution in [0.5, 0.6) is 0 Å². The van der Waals surface area contributed by atoms with E-state index >= 15 is 0 Å². The molecule has 8 heteroatoms. The molecule has 2 N–H and O–H groups in total. The lowest BCUT2D eigenvalue weighted by atomic mass is 10.1. The van der Waals surface area contributed by atoms with Crippen LogP contribution in [0.1, 0.15) is 19.3 Å². The minimum atomic E-state index is 0.728. The van der Waals surface area contributed by atoms with Gasteiger partial charge in [-0.2, -0.15) is 5.10 Å². The van der Waals surface area contributed by atoms with Crippen LogP contribution in [0.25, 0.3) is 44.7 Å². The van der Waals surface area contributed by atoms with Gasteiger partial charge < -0.3 is 9.88 Å². The van der Waals surface area contributed by atoms with E-state index in [1.165, 1.54) is 19.3 Å². The van der Waals surface area contributed by atoms with Crippen molar-refractivity contribution in [2.24, 2.45) is 0 Å². The van der Waals surface area contributed by atoms with Crippen LogP contribution in [0.3, 0.4) is 0 Å². The van der Waals surface area contributed by atoms with Gasteiger partial charge in [0.25, 0.3) is 0 Å². The molecule has 0 radical (unpaired) electrons. The number of imidazole rings is 1. The summed E-state index contributed by atoms with van der Waals surface area (Å²) in [5.41, 5.74) is 5.33. The highest BCUT2D eigenvalue weighted by molar-refractivity contribution is 5.96. The first-order valence-electron chi connectivity index (χ1n) is 10.2. The van der Waals surface area contributed by atoms with Gasteiger partial charge in [-0.1, -0.05) is 0 Å². The minimum Gasteiger partial charge on any atom is -0.355 e. The molecule has 5 aromatic rings. The topological polar surface area (TPSA) is 99.3 Å². The van der Waals surface area contributed by atoms with Crippen LogP contribution in [0.4, 0.5) is 5.82 Å². The molecule has 6 heterocycles. The predicted molar refractivity (Wildman–Crippen MR) is 116 cm³/mol. The number of fused-ring (bicyclic) bond motifs is 2. The molecule has 1 aliphatic rings. The Labute approximate surface area is 172 Å². The first-order valence-corrected chi connectivity index (χ1v) is 10.2. The van der Waals surface area contributed by atoms with Crippen LogP contribution in [-0.4, -0.2) is 48.2 Å². The number of anilines is 1. The Hall–Kier alpha value is -3.81. The van der Waals surface area contributed by atoms with Gasteiger partial charge in [0.2, 0.25) is 0 Å². The van der Waals surface area contributed by atoms with Crippen molar-refractivity contribution in [3.63, 3.8) is 0 Å². The van der Waals surface area contributed by atoms with Crippen molar-refractivity contribution in [3.05, 3.63) is 49.1 Å². The summed E-state index contributed by atoms with van der Waals surface area (Å²) in [6.07, 6.45) is 10.9. The zero-order valence-corrected chi connectivity index (χ0v) is 16.3. The molecule has 0 bridgehead atoms. The Bertz CT molecular complexity index is 1330. The summed E-state index contributed by atoms with van der Waals surface area (Å²) in [6, 6.07) is 7.91. The molecule has 0 aliphatic carbocycles. The fraction of sp³-hybridized carbons (Fsp3) is 0.227. The molecule has 5 aromatic heterocycles. The van der Waals surface area contributed by atoms with Crippen LogP contribution in [0.15, 0.2) is 49.1 Å². The lowest BCUT2D eigenvalue weighted by Gasteiger charge is -2.27. The molecule has 0 atom stereocenters. The average molecular weight is 396 g/mol. The molecule has 6 rings (SSSR count). The Morgan fingerprint density at radius 3 is 2.73 bits per heavy atom. The maximum Gasteiger partial charge on any atom is 0.159 e. The number of aromatic amines is 2. The average Bonchev–Trinajstić information content (AvgIpc) is 3.43. The number of aromatic nitrogens is 7. The third kappa shape index (κ3) is 2.80. The summed E-state index contributed by atoms with van der Waals surface area (Å²) < 4.78 is 0. The second kappa shape index (κ2) is 6.91. The van der Waals surface area contributed by atoms with E-state index in [4.69, 9.17) is 4.98 Å². The van der Waals surface area contributed by atoms with Gasteiger partial charge in [-0.15, -0.1) is 0 Å².